The number of rotatable bonds is 6. The Hall–Kier alpha value is -3.59. The van der Waals surface area contributed by atoms with Gasteiger partial charge in [0.05, 0.1) is 11.4 Å². The lowest BCUT2D eigenvalue weighted by Crippen LogP contribution is -2.54. The van der Waals surface area contributed by atoms with Crippen molar-refractivity contribution in [2.75, 3.05) is 44.2 Å². The molecule has 8 nitrogen and oxygen atoms in total. The molecule has 3 aromatic carbocycles. The molecule has 0 aromatic heterocycles. The summed E-state index contributed by atoms with van der Waals surface area (Å²) < 4.78 is 28.4. The number of fused-ring (bicyclic) bond motifs is 1. The van der Waals surface area contributed by atoms with Crippen LogP contribution in [0.3, 0.4) is 0 Å². The summed E-state index contributed by atoms with van der Waals surface area (Å²) in [6.07, 6.45) is 0.623. The molecule has 0 N–H and O–H groups in total. The van der Waals surface area contributed by atoms with Crippen LogP contribution in [0.5, 0.6) is 0 Å². The van der Waals surface area contributed by atoms with Gasteiger partial charge in [-0.25, -0.2) is 17.5 Å². The summed E-state index contributed by atoms with van der Waals surface area (Å²) in [6.45, 7) is 8.62. The summed E-state index contributed by atoms with van der Waals surface area (Å²) >= 11 is 0. The van der Waals surface area contributed by atoms with Gasteiger partial charge in [-0.05, 0) is 48.9 Å². The second-order valence-electron chi connectivity index (χ2n) is 10.1. The van der Waals surface area contributed by atoms with Gasteiger partial charge < -0.3 is 14.7 Å². The fraction of sp³-hybridized carbons (Fsp3) is 0.379. The van der Waals surface area contributed by atoms with Gasteiger partial charge in [0.1, 0.15) is 6.04 Å². The first-order chi connectivity index (χ1) is 18.2. The zero-order chi connectivity index (χ0) is 27.0. The van der Waals surface area contributed by atoms with Crippen molar-refractivity contribution in [2.45, 2.75) is 38.1 Å². The highest BCUT2D eigenvalue weighted by Crippen LogP contribution is 2.31. The van der Waals surface area contributed by atoms with Crippen LogP contribution in [0.25, 0.3) is 10.8 Å². The highest BCUT2D eigenvalue weighted by molar-refractivity contribution is 7.90. The number of sulfonamides is 1. The topological polar surface area (TPSA) is 81.2 Å². The van der Waals surface area contributed by atoms with Crippen LogP contribution in [0, 0.1) is 13.8 Å². The van der Waals surface area contributed by atoms with Crippen molar-refractivity contribution < 1.29 is 18.0 Å². The summed E-state index contributed by atoms with van der Waals surface area (Å²) in [6, 6.07) is 17.2. The third-order valence-electron chi connectivity index (χ3n) is 7.54. The minimum atomic E-state index is -4.15. The lowest BCUT2D eigenvalue weighted by atomic mass is 10.1. The number of piperazine rings is 1. The fourth-order valence-corrected chi connectivity index (χ4v) is 7.09. The van der Waals surface area contributed by atoms with E-state index < -0.39 is 22.1 Å². The molecule has 3 aromatic rings. The molecule has 0 aliphatic carbocycles. The number of nitrogens with zero attached hydrogens (tertiary/aromatic N) is 4. The number of urea groups is 1. The van der Waals surface area contributed by atoms with E-state index in [2.05, 4.69) is 36.9 Å². The number of aryl methyl sites for hydroxylation is 2. The van der Waals surface area contributed by atoms with E-state index in [1.54, 1.807) is 23.1 Å². The molecule has 2 aliphatic heterocycles. The van der Waals surface area contributed by atoms with Gasteiger partial charge in [0.25, 0.3) is 10.0 Å². The average Bonchev–Trinajstić information content (AvgIpc) is 3.26. The van der Waals surface area contributed by atoms with Crippen molar-refractivity contribution in [2.24, 2.45) is 0 Å². The smallest absolute Gasteiger partial charge is 0.334 e. The summed E-state index contributed by atoms with van der Waals surface area (Å²) in [4.78, 5) is 32.7. The maximum absolute atomic E-state index is 13.8. The molecule has 2 heterocycles. The molecule has 0 spiro atoms. The van der Waals surface area contributed by atoms with E-state index in [0.29, 0.717) is 44.5 Å². The monoisotopic (exact) mass is 534 g/mol. The van der Waals surface area contributed by atoms with Gasteiger partial charge in [-0.1, -0.05) is 55.5 Å². The largest absolute Gasteiger partial charge is 0.368 e. The van der Waals surface area contributed by atoms with Gasteiger partial charge >= 0.3 is 6.03 Å². The van der Waals surface area contributed by atoms with Crippen LogP contribution in [0.4, 0.5) is 10.5 Å². The van der Waals surface area contributed by atoms with Crippen LogP contribution in [0.15, 0.2) is 65.6 Å². The van der Waals surface area contributed by atoms with Gasteiger partial charge in [-0.3, -0.25) is 4.79 Å². The van der Waals surface area contributed by atoms with E-state index in [9.17, 15) is 18.0 Å². The third kappa shape index (κ3) is 4.60. The maximum atomic E-state index is 13.8. The van der Waals surface area contributed by atoms with E-state index in [1.165, 1.54) is 27.8 Å². The van der Waals surface area contributed by atoms with E-state index in [1.807, 2.05) is 25.1 Å². The Balaban J connectivity index is 1.37. The molecule has 38 heavy (non-hydrogen) atoms. The fourth-order valence-electron chi connectivity index (χ4n) is 5.49. The first-order valence-corrected chi connectivity index (χ1v) is 14.6. The lowest BCUT2D eigenvalue weighted by Gasteiger charge is -2.38. The number of anilines is 1. The molecule has 1 atom stereocenters. The molecule has 0 unspecified atom stereocenters. The Morgan fingerprint density at radius 1 is 0.947 bits per heavy atom. The van der Waals surface area contributed by atoms with Crippen molar-refractivity contribution in [1.29, 1.82) is 0 Å². The molecule has 5 rings (SSSR count). The zero-order valence-electron chi connectivity index (χ0n) is 22.1. The number of carbonyl (C=O) groups excluding carboxylic acids is 2. The molecule has 9 heteroatoms. The molecule has 0 bridgehead atoms. The predicted molar refractivity (Wildman–Crippen MR) is 149 cm³/mol. The molecular weight excluding hydrogens is 500 g/mol. The number of carbonyl (C=O) groups is 2. The molecular formula is C29H34N4O4S. The molecule has 200 valence electrons. The van der Waals surface area contributed by atoms with Crippen molar-refractivity contribution in [3.63, 3.8) is 0 Å². The van der Waals surface area contributed by atoms with Gasteiger partial charge in [0, 0.05) is 43.8 Å². The Labute approximate surface area is 224 Å². The molecule has 3 amide bonds. The van der Waals surface area contributed by atoms with Crippen LogP contribution in [0.1, 0.15) is 24.5 Å². The molecule has 2 aliphatic rings. The maximum Gasteiger partial charge on any atom is 0.334 e. The van der Waals surface area contributed by atoms with Crippen LogP contribution >= 0.6 is 0 Å². The van der Waals surface area contributed by atoms with Crippen LogP contribution in [-0.2, 0) is 14.8 Å². The minimum Gasteiger partial charge on any atom is -0.368 e. The molecule has 2 saturated heterocycles. The first-order valence-electron chi connectivity index (χ1n) is 13.1. The van der Waals surface area contributed by atoms with Gasteiger partial charge in [-0.15, -0.1) is 0 Å². The second-order valence-corrected chi connectivity index (χ2v) is 11.9. The SMILES string of the molecule is CCCN1C(=O)N(S(=O)(=O)c2cccc3ccccc23)C[C@H]1C(=O)N1CCN(c2cc(C)ccc2C)CC1. The first kappa shape index (κ1) is 26.0. The van der Waals surface area contributed by atoms with Crippen molar-refractivity contribution in [3.05, 3.63) is 71.8 Å². The lowest BCUT2D eigenvalue weighted by molar-refractivity contribution is -0.135. The summed E-state index contributed by atoms with van der Waals surface area (Å²) in [7, 11) is -4.15. The zero-order valence-corrected chi connectivity index (χ0v) is 22.9. The highest BCUT2D eigenvalue weighted by atomic mass is 32.2. The van der Waals surface area contributed by atoms with E-state index >= 15 is 0 Å². The molecule has 0 radical (unpaired) electrons. The van der Waals surface area contributed by atoms with E-state index in [4.69, 9.17) is 0 Å². The van der Waals surface area contributed by atoms with Crippen molar-refractivity contribution in [3.8, 4) is 0 Å². The highest BCUT2D eigenvalue weighted by Gasteiger charge is 2.48. The Morgan fingerprint density at radius 2 is 1.66 bits per heavy atom. The summed E-state index contributed by atoms with van der Waals surface area (Å²) in [5.41, 5.74) is 3.56. The standard InChI is InChI=1S/C29H34N4O4S/c1-4-14-32-26(28(34)31-17-15-30(16-18-31)25-19-21(2)12-13-22(25)3)20-33(29(32)35)38(36,37)27-11-7-9-23-8-5-6-10-24(23)27/h5-13,19,26H,4,14-18,20H2,1-3H3/t26-/m0/s1. The van der Waals surface area contributed by atoms with E-state index in [-0.39, 0.29) is 17.3 Å². The van der Waals surface area contributed by atoms with Crippen LogP contribution in [-0.4, -0.2) is 79.8 Å². The van der Waals surface area contributed by atoms with Crippen LogP contribution < -0.4 is 4.90 Å². The Kier molecular flexibility index (Phi) is 7.05. The number of hydrogen-bond acceptors (Lipinski definition) is 5. The second kappa shape index (κ2) is 10.3. The summed E-state index contributed by atoms with van der Waals surface area (Å²) in [5, 5.41) is 1.34. The van der Waals surface area contributed by atoms with Crippen LogP contribution in [0.2, 0.25) is 0 Å². The van der Waals surface area contributed by atoms with Crippen molar-refractivity contribution >= 4 is 38.4 Å². The third-order valence-corrected chi connectivity index (χ3v) is 9.34. The van der Waals surface area contributed by atoms with E-state index in [0.717, 1.165) is 9.69 Å². The molecule has 2 fully saturated rings. The quantitative estimate of drug-likeness (QED) is 0.477. The predicted octanol–water partition coefficient (Wildman–Crippen LogP) is 4.01. The number of amides is 3. The van der Waals surface area contributed by atoms with Gasteiger partial charge in [0.2, 0.25) is 5.91 Å². The summed E-state index contributed by atoms with van der Waals surface area (Å²) in [5.74, 6) is -0.192. The van der Waals surface area contributed by atoms with Gasteiger partial charge in [-0.2, -0.15) is 0 Å². The average molecular weight is 535 g/mol. The number of benzene rings is 3. The van der Waals surface area contributed by atoms with Crippen molar-refractivity contribution in [1.82, 2.24) is 14.1 Å². The number of hydrogen-bond donors (Lipinski definition) is 0. The van der Waals surface area contributed by atoms with Gasteiger partial charge in [0.15, 0.2) is 0 Å². The Bertz CT molecular complexity index is 1480. The minimum absolute atomic E-state index is 0.0793. The normalized spacial score (nSPS) is 18.5. The Morgan fingerprint density at radius 3 is 2.39 bits per heavy atom. The molecule has 0 saturated carbocycles.